The Balaban J connectivity index is 1.90. The van der Waals surface area contributed by atoms with Crippen molar-refractivity contribution >= 4 is 28.8 Å². The molecule has 2 aromatic rings. The van der Waals surface area contributed by atoms with Gasteiger partial charge in [0.2, 0.25) is 0 Å². The third-order valence-electron chi connectivity index (χ3n) is 4.81. The maximum absolute atomic E-state index is 13.1. The number of carbonyl (C=O) groups is 1. The number of alkyl halides is 3. The van der Waals surface area contributed by atoms with E-state index in [-0.39, 0.29) is 12.1 Å². The Hall–Kier alpha value is -1.64. The number of thiophene rings is 1. The monoisotopic (exact) mass is 417 g/mol. The Kier molecular flexibility index (Phi) is 6.08. The van der Waals surface area contributed by atoms with Gasteiger partial charge in [0, 0.05) is 12.2 Å². The summed E-state index contributed by atoms with van der Waals surface area (Å²) in [5.41, 5.74) is -0.549. The second-order valence-electron chi connectivity index (χ2n) is 6.57. The highest BCUT2D eigenvalue weighted by atomic mass is 35.5. The van der Waals surface area contributed by atoms with E-state index in [4.69, 9.17) is 11.6 Å². The van der Waals surface area contributed by atoms with Crippen molar-refractivity contribution in [3.05, 3.63) is 50.9 Å². The summed E-state index contributed by atoms with van der Waals surface area (Å²) in [6, 6.07) is 2.40. The van der Waals surface area contributed by atoms with Crippen LogP contribution in [0.1, 0.15) is 46.9 Å². The summed E-state index contributed by atoms with van der Waals surface area (Å²) in [4.78, 5) is 18.7. The van der Waals surface area contributed by atoms with Gasteiger partial charge in [-0.15, -0.1) is 0 Å². The van der Waals surface area contributed by atoms with Gasteiger partial charge in [0.05, 0.1) is 16.6 Å². The number of pyridine rings is 1. The largest absolute Gasteiger partial charge is 0.417 e. The van der Waals surface area contributed by atoms with Crippen LogP contribution in [-0.2, 0) is 6.18 Å². The minimum absolute atomic E-state index is 0.0573. The van der Waals surface area contributed by atoms with Crippen LogP contribution in [0.4, 0.5) is 13.2 Å². The smallest absolute Gasteiger partial charge is 0.342 e. The van der Waals surface area contributed by atoms with E-state index in [0.717, 1.165) is 43.6 Å². The molecule has 1 fully saturated rings. The number of aromatic nitrogens is 1. The van der Waals surface area contributed by atoms with Crippen molar-refractivity contribution in [3.8, 4) is 0 Å². The van der Waals surface area contributed by atoms with Crippen LogP contribution in [0.5, 0.6) is 0 Å². The van der Waals surface area contributed by atoms with Crippen LogP contribution in [0.25, 0.3) is 0 Å². The first kappa shape index (κ1) is 20.1. The number of halogens is 4. The molecule has 0 saturated carbocycles. The zero-order valence-electron chi connectivity index (χ0n) is 14.6. The lowest BCUT2D eigenvalue weighted by Crippen LogP contribution is -2.47. The molecule has 9 heteroatoms. The second kappa shape index (κ2) is 8.16. The number of rotatable bonds is 4. The number of piperidine rings is 1. The first-order chi connectivity index (χ1) is 12.8. The normalized spacial score (nSPS) is 19.7. The average molecular weight is 418 g/mol. The quantitative estimate of drug-likeness (QED) is 0.779. The lowest BCUT2D eigenvalue weighted by molar-refractivity contribution is -0.137. The molecule has 2 unspecified atom stereocenters. The molecule has 0 radical (unpaired) electrons. The molecule has 3 heterocycles. The van der Waals surface area contributed by atoms with Gasteiger partial charge in [-0.05, 0) is 54.9 Å². The summed E-state index contributed by atoms with van der Waals surface area (Å²) in [5, 5.41) is 6.04. The van der Waals surface area contributed by atoms with E-state index in [1.807, 2.05) is 23.9 Å². The molecule has 1 amide bonds. The van der Waals surface area contributed by atoms with E-state index < -0.39 is 28.4 Å². The van der Waals surface area contributed by atoms with Crippen molar-refractivity contribution in [1.82, 2.24) is 15.2 Å². The molecule has 1 N–H and O–H groups in total. The van der Waals surface area contributed by atoms with Crippen LogP contribution in [0.3, 0.4) is 0 Å². The minimum Gasteiger partial charge on any atom is -0.342 e. The second-order valence-corrected chi connectivity index (χ2v) is 7.73. The molecule has 3 rings (SSSR count). The summed E-state index contributed by atoms with van der Waals surface area (Å²) in [5.74, 6) is -0.707. The van der Waals surface area contributed by atoms with Gasteiger partial charge < -0.3 is 10.2 Å². The number of likely N-dealkylation sites (tertiary alicyclic amines) is 1. The summed E-state index contributed by atoms with van der Waals surface area (Å²) < 4.78 is 39.2. The van der Waals surface area contributed by atoms with E-state index in [9.17, 15) is 18.0 Å². The summed E-state index contributed by atoms with van der Waals surface area (Å²) in [6.45, 7) is 0.906. The lowest BCUT2D eigenvalue weighted by atomic mass is 9.92. The lowest BCUT2D eigenvalue weighted by Gasteiger charge is -2.38. The third-order valence-corrected chi connectivity index (χ3v) is 5.89. The molecule has 0 aliphatic carbocycles. The Labute approximate surface area is 164 Å². The van der Waals surface area contributed by atoms with Crippen molar-refractivity contribution in [1.29, 1.82) is 0 Å². The predicted molar refractivity (Wildman–Crippen MR) is 99.0 cm³/mol. The summed E-state index contributed by atoms with van der Waals surface area (Å²) in [6.07, 6.45) is -0.686. The molecule has 1 aliphatic heterocycles. The van der Waals surface area contributed by atoms with Crippen LogP contribution in [0.15, 0.2) is 29.1 Å². The molecular weight excluding hydrogens is 399 g/mol. The molecule has 1 aliphatic rings. The van der Waals surface area contributed by atoms with Crippen molar-refractivity contribution < 1.29 is 18.0 Å². The number of hydrogen-bond donors (Lipinski definition) is 1. The fraction of sp³-hybridized carbons (Fsp3) is 0.444. The first-order valence-electron chi connectivity index (χ1n) is 8.54. The maximum Gasteiger partial charge on any atom is 0.417 e. The highest BCUT2D eigenvalue weighted by Gasteiger charge is 2.36. The van der Waals surface area contributed by atoms with Gasteiger partial charge >= 0.3 is 6.18 Å². The average Bonchev–Trinajstić information content (AvgIpc) is 3.14. The Bertz CT molecular complexity index is 798. The van der Waals surface area contributed by atoms with Crippen molar-refractivity contribution in [2.24, 2.45) is 0 Å². The zero-order valence-corrected chi connectivity index (χ0v) is 16.2. The van der Waals surface area contributed by atoms with Crippen LogP contribution in [0, 0.1) is 0 Å². The van der Waals surface area contributed by atoms with Crippen LogP contribution < -0.4 is 5.32 Å². The molecule has 146 valence electrons. The van der Waals surface area contributed by atoms with E-state index in [2.05, 4.69) is 15.2 Å². The fourth-order valence-corrected chi connectivity index (χ4v) is 4.41. The number of hydrogen-bond acceptors (Lipinski definition) is 4. The van der Waals surface area contributed by atoms with E-state index in [1.54, 1.807) is 0 Å². The van der Waals surface area contributed by atoms with Gasteiger partial charge in [0.1, 0.15) is 5.69 Å². The topological polar surface area (TPSA) is 45.2 Å². The summed E-state index contributed by atoms with van der Waals surface area (Å²) >= 11 is 7.36. The number of carbonyl (C=O) groups excluding carboxylic acids is 1. The number of likely N-dealkylation sites (N-methyl/N-ethyl adjacent to an activating group) is 1. The van der Waals surface area contributed by atoms with Crippen molar-refractivity contribution in [2.75, 3.05) is 13.6 Å². The third kappa shape index (κ3) is 4.44. The highest BCUT2D eigenvalue weighted by molar-refractivity contribution is 7.08. The predicted octanol–water partition coefficient (Wildman–Crippen LogP) is 4.77. The number of nitrogens with one attached hydrogen (secondary N) is 1. The highest BCUT2D eigenvalue weighted by Crippen LogP contribution is 2.36. The molecule has 0 spiro atoms. The minimum atomic E-state index is -4.65. The van der Waals surface area contributed by atoms with E-state index >= 15 is 0 Å². The maximum atomic E-state index is 13.1. The molecular formula is C18H19ClF3N3OS. The number of nitrogens with zero attached hydrogens (tertiary/aromatic N) is 2. The summed E-state index contributed by atoms with van der Waals surface area (Å²) in [7, 11) is 1.99. The molecule has 2 atom stereocenters. The Morgan fingerprint density at radius 2 is 2.19 bits per heavy atom. The molecule has 0 bridgehead atoms. The number of amides is 1. The van der Waals surface area contributed by atoms with Crippen LogP contribution in [0.2, 0.25) is 5.02 Å². The zero-order chi connectivity index (χ0) is 19.6. The Morgan fingerprint density at radius 1 is 1.41 bits per heavy atom. The SMILES string of the molecule is CN1CCCCC1C(NC(=O)c1nccc(C(F)(F)F)c1Cl)c1ccsc1. The van der Waals surface area contributed by atoms with Crippen LogP contribution in [-0.4, -0.2) is 35.4 Å². The van der Waals surface area contributed by atoms with Gasteiger partial charge in [-0.3, -0.25) is 4.79 Å². The van der Waals surface area contributed by atoms with Gasteiger partial charge in [0.25, 0.3) is 5.91 Å². The van der Waals surface area contributed by atoms with Gasteiger partial charge in [-0.25, -0.2) is 4.98 Å². The fourth-order valence-electron chi connectivity index (χ4n) is 3.41. The standard InChI is InChI=1S/C18H19ClF3N3OS/c1-25-8-3-2-4-13(25)15(11-6-9-27-10-11)24-17(26)16-14(19)12(5-7-23-16)18(20,21)22/h5-7,9-10,13,15H,2-4,8H2,1H3,(H,24,26). The molecule has 2 aromatic heterocycles. The van der Waals surface area contributed by atoms with Crippen molar-refractivity contribution in [2.45, 2.75) is 37.5 Å². The molecule has 1 saturated heterocycles. The molecule has 27 heavy (non-hydrogen) atoms. The van der Waals surface area contributed by atoms with Gasteiger partial charge in [-0.2, -0.15) is 24.5 Å². The van der Waals surface area contributed by atoms with Crippen LogP contribution >= 0.6 is 22.9 Å². The van der Waals surface area contributed by atoms with E-state index in [0.29, 0.717) is 0 Å². The van der Waals surface area contributed by atoms with Crippen molar-refractivity contribution in [3.63, 3.8) is 0 Å². The Morgan fingerprint density at radius 3 is 2.81 bits per heavy atom. The molecule has 0 aromatic carbocycles. The first-order valence-corrected chi connectivity index (χ1v) is 9.86. The van der Waals surface area contributed by atoms with E-state index in [1.165, 1.54) is 11.3 Å². The van der Waals surface area contributed by atoms with Gasteiger partial charge in [-0.1, -0.05) is 18.0 Å². The molecule has 4 nitrogen and oxygen atoms in total. The van der Waals surface area contributed by atoms with Gasteiger partial charge in [0.15, 0.2) is 0 Å².